The Balaban J connectivity index is 0.00000312. The number of methoxy groups -OCH3 is 2. The van der Waals surface area contributed by atoms with Crippen LogP contribution in [0.3, 0.4) is 0 Å². The third kappa shape index (κ3) is 5.48. The number of carbonyl (C=O) groups excluding carboxylic acids is 1. The second-order valence-electron chi connectivity index (χ2n) is 5.33. The lowest BCUT2D eigenvalue weighted by Crippen LogP contribution is -2.32. The molecule has 0 aliphatic rings. The molecular weight excluding hydrogens is 397 g/mol. The molecule has 1 aromatic heterocycles. The third-order valence-corrected chi connectivity index (χ3v) is 4.86. The summed E-state index contributed by atoms with van der Waals surface area (Å²) in [5.74, 6) is 1.30. The number of hydrogen-bond acceptors (Lipinski definition) is 6. The molecule has 0 fully saturated rings. The van der Waals surface area contributed by atoms with Crippen molar-refractivity contribution in [2.75, 3.05) is 41.4 Å². The molecule has 146 valence electrons. The van der Waals surface area contributed by atoms with Crippen molar-refractivity contribution in [2.45, 2.75) is 6.92 Å². The maximum absolute atomic E-state index is 12.6. The molecule has 0 radical (unpaired) electrons. The molecule has 0 aliphatic carbocycles. The average molecular weight is 422 g/mol. The number of likely N-dealkylation sites (N-methyl/N-ethyl adjacent to an activating group) is 2. The standard InChI is InChI=1S/C17H23N3O3S.2ClH/c1-11-15(17(21)20(3)9-8-18-2)24-16(19-11)12-6-7-13(22-4)14(10-12)23-5;;/h6-7,10,18H,8-9H2,1-5H3;2*1H. The molecule has 0 atom stereocenters. The first-order valence-corrected chi connectivity index (χ1v) is 8.43. The molecule has 6 nitrogen and oxygen atoms in total. The number of rotatable bonds is 7. The van der Waals surface area contributed by atoms with Crippen LogP contribution in [0.15, 0.2) is 18.2 Å². The summed E-state index contributed by atoms with van der Waals surface area (Å²) in [6.45, 7) is 3.26. The molecule has 2 aromatic rings. The maximum atomic E-state index is 12.6. The number of thiazole rings is 1. The van der Waals surface area contributed by atoms with Crippen LogP contribution in [0.4, 0.5) is 0 Å². The zero-order valence-electron chi connectivity index (χ0n) is 15.5. The minimum atomic E-state index is -0.00743. The molecule has 9 heteroatoms. The van der Waals surface area contributed by atoms with Crippen molar-refractivity contribution in [2.24, 2.45) is 0 Å². The molecule has 0 saturated heterocycles. The topological polar surface area (TPSA) is 63.7 Å². The van der Waals surface area contributed by atoms with Crippen molar-refractivity contribution in [1.82, 2.24) is 15.2 Å². The van der Waals surface area contributed by atoms with Gasteiger partial charge in [-0.25, -0.2) is 4.98 Å². The predicted molar refractivity (Wildman–Crippen MR) is 111 cm³/mol. The highest BCUT2D eigenvalue weighted by atomic mass is 35.5. The van der Waals surface area contributed by atoms with Gasteiger partial charge in [-0.2, -0.15) is 0 Å². The third-order valence-electron chi connectivity index (χ3n) is 3.67. The summed E-state index contributed by atoms with van der Waals surface area (Å²) in [5, 5.41) is 3.83. The van der Waals surface area contributed by atoms with Gasteiger partial charge in [-0.3, -0.25) is 4.79 Å². The molecule has 1 amide bonds. The summed E-state index contributed by atoms with van der Waals surface area (Å²) in [6, 6.07) is 5.63. The van der Waals surface area contributed by atoms with Crippen molar-refractivity contribution >= 4 is 42.1 Å². The number of halogens is 2. The average Bonchev–Trinajstić information content (AvgIpc) is 2.99. The summed E-state index contributed by atoms with van der Waals surface area (Å²) in [6.07, 6.45) is 0. The quantitative estimate of drug-likeness (QED) is 0.742. The van der Waals surface area contributed by atoms with Gasteiger partial charge in [0.15, 0.2) is 11.5 Å². The van der Waals surface area contributed by atoms with Crippen molar-refractivity contribution in [3.8, 4) is 22.1 Å². The number of benzene rings is 1. The number of aryl methyl sites for hydroxylation is 1. The highest BCUT2D eigenvalue weighted by molar-refractivity contribution is 7.17. The first-order valence-electron chi connectivity index (χ1n) is 7.61. The number of nitrogens with zero attached hydrogens (tertiary/aromatic N) is 2. The van der Waals surface area contributed by atoms with Gasteiger partial charge in [-0.1, -0.05) is 0 Å². The van der Waals surface area contributed by atoms with E-state index in [2.05, 4.69) is 10.3 Å². The van der Waals surface area contributed by atoms with Crippen LogP contribution in [-0.2, 0) is 0 Å². The molecule has 2 rings (SSSR count). The van der Waals surface area contributed by atoms with Crippen molar-refractivity contribution in [3.05, 3.63) is 28.8 Å². The Labute approximate surface area is 170 Å². The Hall–Kier alpha value is -1.54. The van der Waals surface area contributed by atoms with Gasteiger partial charge in [0.2, 0.25) is 0 Å². The Morgan fingerprint density at radius 2 is 1.88 bits per heavy atom. The van der Waals surface area contributed by atoms with E-state index >= 15 is 0 Å². The lowest BCUT2D eigenvalue weighted by atomic mass is 10.2. The van der Waals surface area contributed by atoms with Crippen LogP contribution < -0.4 is 14.8 Å². The van der Waals surface area contributed by atoms with E-state index in [1.165, 1.54) is 11.3 Å². The number of amides is 1. The summed E-state index contributed by atoms with van der Waals surface area (Å²) in [7, 11) is 6.86. The molecule has 1 aromatic carbocycles. The summed E-state index contributed by atoms with van der Waals surface area (Å²) < 4.78 is 10.6. The van der Waals surface area contributed by atoms with Crippen LogP contribution in [0, 0.1) is 6.92 Å². The summed E-state index contributed by atoms with van der Waals surface area (Å²) in [5.41, 5.74) is 1.64. The molecule has 1 heterocycles. The van der Waals surface area contributed by atoms with Crippen LogP contribution in [0.2, 0.25) is 0 Å². The molecule has 26 heavy (non-hydrogen) atoms. The van der Waals surface area contributed by atoms with Crippen molar-refractivity contribution in [1.29, 1.82) is 0 Å². The van der Waals surface area contributed by atoms with E-state index in [1.54, 1.807) is 26.2 Å². The van der Waals surface area contributed by atoms with Crippen LogP contribution in [0.25, 0.3) is 10.6 Å². The van der Waals surface area contributed by atoms with E-state index < -0.39 is 0 Å². The Bertz CT molecular complexity index is 725. The van der Waals surface area contributed by atoms with Gasteiger partial charge in [0.05, 0.1) is 19.9 Å². The molecule has 0 bridgehead atoms. The van der Waals surface area contributed by atoms with E-state index in [4.69, 9.17) is 9.47 Å². The predicted octanol–water partition coefficient (Wildman–Crippen LogP) is 3.27. The van der Waals surface area contributed by atoms with Gasteiger partial charge in [0.25, 0.3) is 5.91 Å². The number of carbonyl (C=O) groups is 1. The molecule has 0 spiro atoms. The summed E-state index contributed by atoms with van der Waals surface area (Å²) in [4.78, 5) is 19.5. The fraction of sp³-hybridized carbons (Fsp3) is 0.412. The minimum absolute atomic E-state index is 0. The molecule has 0 saturated carbocycles. The van der Waals surface area contributed by atoms with Crippen LogP contribution in [0.1, 0.15) is 15.4 Å². The lowest BCUT2D eigenvalue weighted by Gasteiger charge is -2.15. The second-order valence-corrected chi connectivity index (χ2v) is 6.33. The van der Waals surface area contributed by atoms with Gasteiger partial charge in [-0.05, 0) is 32.2 Å². The highest BCUT2D eigenvalue weighted by Crippen LogP contribution is 2.35. The van der Waals surface area contributed by atoms with Gasteiger partial charge in [0.1, 0.15) is 9.88 Å². The van der Waals surface area contributed by atoms with E-state index in [9.17, 15) is 4.79 Å². The zero-order chi connectivity index (χ0) is 17.7. The molecule has 0 aliphatic heterocycles. The molecule has 1 N–H and O–H groups in total. The minimum Gasteiger partial charge on any atom is -0.493 e. The SMILES string of the molecule is CNCCN(C)C(=O)c1sc(-c2ccc(OC)c(OC)c2)nc1C.Cl.Cl. The fourth-order valence-corrected chi connectivity index (χ4v) is 3.30. The Kier molecular flexibility index (Phi) is 10.6. The van der Waals surface area contributed by atoms with E-state index in [-0.39, 0.29) is 30.7 Å². The number of ether oxygens (including phenoxy) is 2. The van der Waals surface area contributed by atoms with Gasteiger partial charge in [-0.15, -0.1) is 36.2 Å². The Morgan fingerprint density at radius 3 is 2.46 bits per heavy atom. The largest absolute Gasteiger partial charge is 0.493 e. The second kappa shape index (κ2) is 11.2. The van der Waals surface area contributed by atoms with Crippen LogP contribution >= 0.6 is 36.2 Å². The fourth-order valence-electron chi connectivity index (χ4n) is 2.24. The molecular formula is C17H25Cl2N3O3S. The van der Waals surface area contributed by atoms with E-state index in [0.29, 0.717) is 22.9 Å². The van der Waals surface area contributed by atoms with Crippen molar-refractivity contribution in [3.63, 3.8) is 0 Å². The van der Waals surface area contributed by atoms with E-state index in [1.807, 2.05) is 32.2 Å². The first-order chi connectivity index (χ1) is 11.5. The van der Waals surface area contributed by atoms with Crippen LogP contribution in [0.5, 0.6) is 11.5 Å². The van der Waals surface area contributed by atoms with Gasteiger partial charge >= 0.3 is 0 Å². The number of nitrogens with one attached hydrogen (secondary N) is 1. The zero-order valence-corrected chi connectivity index (χ0v) is 17.9. The monoisotopic (exact) mass is 421 g/mol. The first kappa shape index (κ1) is 24.5. The Morgan fingerprint density at radius 1 is 1.23 bits per heavy atom. The van der Waals surface area contributed by atoms with E-state index in [0.717, 1.165) is 22.8 Å². The summed E-state index contributed by atoms with van der Waals surface area (Å²) >= 11 is 1.40. The highest BCUT2D eigenvalue weighted by Gasteiger charge is 2.20. The van der Waals surface area contributed by atoms with Crippen molar-refractivity contribution < 1.29 is 14.3 Å². The maximum Gasteiger partial charge on any atom is 0.265 e. The number of aromatic nitrogens is 1. The lowest BCUT2D eigenvalue weighted by molar-refractivity contribution is 0.0800. The van der Waals surface area contributed by atoms with Crippen LogP contribution in [-0.4, -0.2) is 57.2 Å². The smallest absolute Gasteiger partial charge is 0.265 e. The van der Waals surface area contributed by atoms with Gasteiger partial charge in [0, 0.05) is 25.7 Å². The number of hydrogen-bond donors (Lipinski definition) is 1. The normalized spacial score (nSPS) is 9.73. The molecule has 0 unspecified atom stereocenters. The van der Waals surface area contributed by atoms with Gasteiger partial charge < -0.3 is 19.7 Å².